The minimum atomic E-state index is 0.648. The van der Waals surface area contributed by atoms with Gasteiger partial charge in [-0.1, -0.05) is 23.9 Å². The molecular formula is C14H16N4S2. The van der Waals surface area contributed by atoms with Crippen molar-refractivity contribution in [3.63, 3.8) is 0 Å². The second-order valence-corrected chi connectivity index (χ2v) is 6.51. The molecule has 1 aromatic carbocycles. The third-order valence-electron chi connectivity index (χ3n) is 3.03. The van der Waals surface area contributed by atoms with Crippen LogP contribution >= 0.6 is 23.1 Å². The van der Waals surface area contributed by atoms with Crippen LogP contribution < -0.4 is 11.1 Å². The quantitative estimate of drug-likeness (QED) is 0.911. The number of nitrogen functional groups attached to an aromatic ring is 1. The predicted octanol–water partition coefficient (Wildman–Crippen LogP) is 3.03. The van der Waals surface area contributed by atoms with Crippen LogP contribution in [0.4, 0.5) is 10.8 Å². The van der Waals surface area contributed by atoms with Gasteiger partial charge in [-0.3, -0.25) is 4.99 Å². The first-order valence-electron chi connectivity index (χ1n) is 6.53. The van der Waals surface area contributed by atoms with Crippen LogP contribution in [0, 0.1) is 0 Å². The lowest BCUT2D eigenvalue weighted by Crippen LogP contribution is -2.04. The molecule has 0 saturated carbocycles. The van der Waals surface area contributed by atoms with Crippen LogP contribution in [0.2, 0.25) is 0 Å². The van der Waals surface area contributed by atoms with E-state index in [1.54, 1.807) is 11.8 Å². The number of thioether (sulfide) groups is 1. The van der Waals surface area contributed by atoms with Gasteiger partial charge in [0.05, 0.1) is 12.2 Å². The van der Waals surface area contributed by atoms with E-state index in [0.717, 1.165) is 41.7 Å². The summed E-state index contributed by atoms with van der Waals surface area (Å²) in [5.74, 6) is 1.08. The summed E-state index contributed by atoms with van der Waals surface area (Å²) in [4.78, 5) is 8.66. The molecule has 0 saturated heterocycles. The molecule has 0 aliphatic carbocycles. The molecule has 2 heterocycles. The Morgan fingerprint density at radius 1 is 1.20 bits per heavy atom. The van der Waals surface area contributed by atoms with Crippen LogP contribution in [0.5, 0.6) is 0 Å². The highest BCUT2D eigenvalue weighted by atomic mass is 32.2. The van der Waals surface area contributed by atoms with Crippen molar-refractivity contribution in [2.75, 3.05) is 23.3 Å². The average Bonchev–Trinajstić information content (AvgIpc) is 3.10. The molecule has 0 spiro atoms. The van der Waals surface area contributed by atoms with Crippen LogP contribution in [0.1, 0.15) is 11.3 Å². The number of amidine groups is 1. The number of hydrogen-bond donors (Lipinski definition) is 2. The maximum absolute atomic E-state index is 5.63. The molecular weight excluding hydrogens is 288 g/mol. The number of nitrogens with two attached hydrogens (primary N) is 1. The summed E-state index contributed by atoms with van der Waals surface area (Å²) < 4.78 is 0. The van der Waals surface area contributed by atoms with Gasteiger partial charge in [-0.15, -0.1) is 11.3 Å². The Morgan fingerprint density at radius 2 is 2.05 bits per heavy atom. The van der Waals surface area contributed by atoms with Gasteiger partial charge < -0.3 is 11.1 Å². The Morgan fingerprint density at radius 3 is 2.70 bits per heavy atom. The number of aliphatic imine (C=N–C) groups is 1. The van der Waals surface area contributed by atoms with E-state index in [-0.39, 0.29) is 0 Å². The third kappa shape index (κ3) is 3.52. The molecule has 4 nitrogen and oxygen atoms in total. The first-order valence-corrected chi connectivity index (χ1v) is 8.39. The first-order chi connectivity index (χ1) is 9.79. The summed E-state index contributed by atoms with van der Waals surface area (Å²) in [5.41, 5.74) is 9.11. The lowest BCUT2D eigenvalue weighted by atomic mass is 10.1. The Kier molecular flexibility index (Phi) is 4.22. The van der Waals surface area contributed by atoms with Gasteiger partial charge >= 0.3 is 0 Å². The summed E-state index contributed by atoms with van der Waals surface area (Å²) in [7, 11) is 0. The predicted molar refractivity (Wildman–Crippen MR) is 88.8 cm³/mol. The number of aromatic nitrogens is 1. The van der Waals surface area contributed by atoms with Gasteiger partial charge in [0.1, 0.15) is 0 Å². The van der Waals surface area contributed by atoms with Gasteiger partial charge in [-0.25, -0.2) is 4.98 Å². The lowest BCUT2D eigenvalue weighted by molar-refractivity contribution is 0.928. The molecule has 3 rings (SSSR count). The molecule has 0 fully saturated rings. The summed E-state index contributed by atoms with van der Waals surface area (Å²) >= 11 is 3.27. The first kappa shape index (κ1) is 13.5. The molecule has 3 N–H and O–H groups in total. The Bertz CT molecular complexity index is 604. The molecule has 0 amide bonds. The van der Waals surface area contributed by atoms with Crippen molar-refractivity contribution in [2.24, 2.45) is 4.99 Å². The van der Waals surface area contributed by atoms with E-state index in [1.165, 1.54) is 16.9 Å². The third-order valence-corrected chi connectivity index (χ3v) is 4.64. The highest BCUT2D eigenvalue weighted by Gasteiger charge is 2.06. The molecule has 2 aromatic rings. The number of benzene rings is 1. The topological polar surface area (TPSA) is 63.3 Å². The number of nitrogens with one attached hydrogen (secondary N) is 1. The van der Waals surface area contributed by atoms with Crippen molar-refractivity contribution in [3.05, 3.63) is 40.9 Å². The smallest absolute Gasteiger partial charge is 0.180 e. The van der Waals surface area contributed by atoms with Gasteiger partial charge in [0.2, 0.25) is 0 Å². The Balaban J connectivity index is 1.55. The van der Waals surface area contributed by atoms with Crippen molar-refractivity contribution in [1.82, 2.24) is 4.98 Å². The summed E-state index contributed by atoms with van der Waals surface area (Å²) in [6, 6.07) is 8.51. The molecule has 0 radical (unpaired) electrons. The largest absolute Gasteiger partial charge is 0.375 e. The molecule has 20 heavy (non-hydrogen) atoms. The van der Waals surface area contributed by atoms with Gasteiger partial charge in [0.25, 0.3) is 0 Å². The summed E-state index contributed by atoms with van der Waals surface area (Å²) in [5, 5.41) is 7.03. The van der Waals surface area contributed by atoms with E-state index in [9.17, 15) is 0 Å². The zero-order chi connectivity index (χ0) is 13.8. The van der Waals surface area contributed by atoms with Crippen molar-refractivity contribution < 1.29 is 0 Å². The number of hydrogen-bond acceptors (Lipinski definition) is 6. The van der Waals surface area contributed by atoms with E-state index in [0.29, 0.717) is 5.13 Å². The highest BCUT2D eigenvalue weighted by Crippen LogP contribution is 2.18. The summed E-state index contributed by atoms with van der Waals surface area (Å²) in [6.07, 6.45) is 1.92. The highest BCUT2D eigenvalue weighted by molar-refractivity contribution is 8.14. The van der Waals surface area contributed by atoms with Gasteiger partial charge in [-0.2, -0.15) is 0 Å². The molecule has 104 valence electrons. The van der Waals surface area contributed by atoms with Crippen molar-refractivity contribution in [3.8, 4) is 0 Å². The van der Waals surface area contributed by atoms with Crippen molar-refractivity contribution in [2.45, 2.75) is 12.8 Å². The van der Waals surface area contributed by atoms with E-state index in [2.05, 4.69) is 39.6 Å². The molecule has 0 unspecified atom stereocenters. The average molecular weight is 304 g/mol. The number of thiazole rings is 1. The second kappa shape index (κ2) is 6.28. The SMILES string of the molecule is Nc1nc(CCc2ccc(NC3=NCCS3)cc2)cs1. The van der Waals surface area contributed by atoms with Gasteiger partial charge in [-0.05, 0) is 30.5 Å². The molecule has 0 bridgehead atoms. The Hall–Kier alpha value is -1.53. The number of nitrogens with zero attached hydrogens (tertiary/aromatic N) is 2. The van der Waals surface area contributed by atoms with Crippen molar-refractivity contribution >= 4 is 39.1 Å². The van der Waals surface area contributed by atoms with Crippen LogP contribution in [-0.4, -0.2) is 22.4 Å². The van der Waals surface area contributed by atoms with Crippen molar-refractivity contribution in [1.29, 1.82) is 0 Å². The Labute approximate surface area is 126 Å². The monoisotopic (exact) mass is 304 g/mol. The zero-order valence-electron chi connectivity index (χ0n) is 11.0. The second-order valence-electron chi connectivity index (χ2n) is 4.53. The van der Waals surface area contributed by atoms with Gasteiger partial charge in [0.15, 0.2) is 10.3 Å². The van der Waals surface area contributed by atoms with E-state index in [4.69, 9.17) is 5.73 Å². The number of aryl methyl sites for hydroxylation is 2. The fourth-order valence-corrected chi connectivity index (χ4v) is 3.34. The maximum Gasteiger partial charge on any atom is 0.180 e. The lowest BCUT2D eigenvalue weighted by Gasteiger charge is -2.06. The molecule has 0 atom stereocenters. The molecule has 1 aliphatic rings. The standard InChI is InChI=1S/C14H16N4S2/c15-13-17-12(9-20-13)6-3-10-1-4-11(5-2-10)18-14-16-7-8-19-14/h1-2,4-5,9H,3,6-8H2,(H2,15,17)(H,16,18). The molecule has 1 aliphatic heterocycles. The van der Waals surface area contributed by atoms with Crippen LogP contribution in [0.3, 0.4) is 0 Å². The van der Waals surface area contributed by atoms with Crippen LogP contribution in [0.15, 0.2) is 34.6 Å². The fraction of sp³-hybridized carbons (Fsp3) is 0.286. The number of anilines is 2. The summed E-state index contributed by atoms with van der Waals surface area (Å²) in [6.45, 7) is 0.919. The molecule has 6 heteroatoms. The minimum Gasteiger partial charge on any atom is -0.375 e. The van der Waals surface area contributed by atoms with Gasteiger partial charge in [0, 0.05) is 16.8 Å². The number of rotatable bonds is 4. The zero-order valence-corrected chi connectivity index (χ0v) is 12.6. The van der Waals surface area contributed by atoms with E-state index in [1.807, 2.05) is 5.38 Å². The maximum atomic E-state index is 5.63. The van der Waals surface area contributed by atoms with Crippen LogP contribution in [-0.2, 0) is 12.8 Å². The van der Waals surface area contributed by atoms with E-state index >= 15 is 0 Å². The molecule has 1 aromatic heterocycles. The minimum absolute atomic E-state index is 0.648. The normalized spacial score (nSPS) is 14.3. The van der Waals surface area contributed by atoms with E-state index < -0.39 is 0 Å². The van der Waals surface area contributed by atoms with Crippen LogP contribution in [0.25, 0.3) is 0 Å². The fourth-order valence-electron chi connectivity index (χ4n) is 2.00.